The first-order chi connectivity index (χ1) is 16.1. The van der Waals surface area contributed by atoms with Gasteiger partial charge in [-0.25, -0.2) is 4.68 Å². The van der Waals surface area contributed by atoms with E-state index in [0.29, 0.717) is 5.92 Å². The van der Waals surface area contributed by atoms with Crippen LogP contribution in [0.5, 0.6) is 0 Å². The zero-order valence-electron chi connectivity index (χ0n) is 19.2. The number of aryl methyl sites for hydroxylation is 1. The van der Waals surface area contributed by atoms with Gasteiger partial charge in [-0.15, -0.1) is 0 Å². The normalized spacial score (nSPS) is 17.2. The molecule has 0 aliphatic carbocycles. The first-order valence-corrected chi connectivity index (χ1v) is 12.0. The molecule has 1 fully saturated rings. The number of nitro benzene ring substituents is 1. The average Bonchev–Trinajstić information content (AvgIpc) is 3.01. The lowest BCUT2D eigenvalue weighted by Crippen LogP contribution is -2.32. The molecule has 0 unspecified atom stereocenters. The van der Waals surface area contributed by atoms with E-state index in [1.54, 1.807) is 12.1 Å². The van der Waals surface area contributed by atoms with Gasteiger partial charge in [0.15, 0.2) is 0 Å². The maximum atomic E-state index is 11.4. The number of nitrogens with one attached hydrogen (secondary N) is 1. The van der Waals surface area contributed by atoms with Crippen LogP contribution < -0.4 is 5.32 Å². The molecule has 0 atom stereocenters. The summed E-state index contributed by atoms with van der Waals surface area (Å²) in [5.41, 5.74) is 5.73. The number of aromatic nitrogens is 2. The number of hydrogen-bond donors (Lipinski definition) is 1. The molecule has 0 amide bonds. The molecule has 7 nitrogen and oxygen atoms in total. The molecule has 7 heteroatoms. The van der Waals surface area contributed by atoms with E-state index in [-0.39, 0.29) is 10.6 Å². The maximum Gasteiger partial charge on any atom is 0.271 e. The predicted molar refractivity (Wildman–Crippen MR) is 130 cm³/mol. The Labute approximate surface area is 194 Å². The Morgan fingerprint density at radius 1 is 1.12 bits per heavy atom. The molecule has 3 aromatic rings. The molecule has 0 bridgehead atoms. The van der Waals surface area contributed by atoms with Crippen molar-refractivity contribution >= 4 is 11.5 Å². The highest BCUT2D eigenvalue weighted by molar-refractivity contribution is 5.58. The highest BCUT2D eigenvalue weighted by Gasteiger charge is 2.29. The van der Waals surface area contributed by atoms with Crippen molar-refractivity contribution in [1.82, 2.24) is 14.7 Å². The van der Waals surface area contributed by atoms with Crippen molar-refractivity contribution in [2.75, 3.05) is 25.0 Å². The Kier molecular flexibility index (Phi) is 6.13. The van der Waals surface area contributed by atoms with Crippen LogP contribution in [0.15, 0.2) is 48.5 Å². The van der Waals surface area contributed by atoms with Gasteiger partial charge >= 0.3 is 0 Å². The van der Waals surface area contributed by atoms with E-state index in [0.717, 1.165) is 75.4 Å². The number of fused-ring (bicyclic) bond motifs is 1. The largest absolute Gasteiger partial charge is 0.370 e. The number of nitrogens with zero attached hydrogens (tertiary/aromatic N) is 4. The number of anilines is 1. The lowest BCUT2D eigenvalue weighted by molar-refractivity contribution is -0.384. The zero-order valence-corrected chi connectivity index (χ0v) is 19.2. The number of non-ortho nitro benzene ring substituents is 1. The quantitative estimate of drug-likeness (QED) is 0.431. The van der Waals surface area contributed by atoms with Gasteiger partial charge in [0, 0.05) is 36.7 Å². The van der Waals surface area contributed by atoms with Crippen LogP contribution in [0, 0.1) is 17.0 Å². The standard InChI is InChI=1S/C26H31N5O2/c1-19-10-11-22(31(32)33)17-24(19)30-26-23(9-5-6-14-27-26)25(28-30)21-12-15-29(16-13-21)18-20-7-3-2-4-8-20/h2-4,7-8,10-11,17,21,27H,5-6,9,12-16,18H2,1H3. The van der Waals surface area contributed by atoms with E-state index < -0.39 is 0 Å². The van der Waals surface area contributed by atoms with E-state index in [1.807, 2.05) is 17.7 Å². The molecular formula is C26H31N5O2. The fourth-order valence-electron chi connectivity index (χ4n) is 5.18. The Morgan fingerprint density at radius 3 is 2.67 bits per heavy atom. The van der Waals surface area contributed by atoms with Crippen LogP contribution in [0.25, 0.3) is 5.69 Å². The number of benzene rings is 2. The Morgan fingerprint density at radius 2 is 1.91 bits per heavy atom. The van der Waals surface area contributed by atoms with Gasteiger partial charge in [-0.05, 0) is 63.2 Å². The minimum atomic E-state index is -0.331. The summed E-state index contributed by atoms with van der Waals surface area (Å²) in [4.78, 5) is 13.6. The molecule has 172 valence electrons. The van der Waals surface area contributed by atoms with Crippen LogP contribution >= 0.6 is 0 Å². The molecule has 3 heterocycles. The topological polar surface area (TPSA) is 76.2 Å². The van der Waals surface area contributed by atoms with Gasteiger partial charge in [-0.1, -0.05) is 36.4 Å². The Bertz CT molecular complexity index is 1130. The van der Waals surface area contributed by atoms with Crippen LogP contribution in [0.1, 0.15) is 54.0 Å². The third kappa shape index (κ3) is 4.50. The molecule has 5 rings (SSSR count). The first kappa shape index (κ1) is 21.6. The summed E-state index contributed by atoms with van der Waals surface area (Å²) in [5, 5.41) is 20.1. The van der Waals surface area contributed by atoms with Crippen LogP contribution in [-0.2, 0) is 13.0 Å². The number of nitro groups is 1. The summed E-state index contributed by atoms with van der Waals surface area (Å²) < 4.78 is 1.94. The van der Waals surface area contributed by atoms with E-state index in [9.17, 15) is 10.1 Å². The predicted octanol–water partition coefficient (Wildman–Crippen LogP) is 5.22. The number of likely N-dealkylation sites (tertiary alicyclic amines) is 1. The molecule has 2 aliphatic heterocycles. The lowest BCUT2D eigenvalue weighted by Gasteiger charge is -2.31. The molecule has 2 aliphatic rings. The smallest absolute Gasteiger partial charge is 0.271 e. The molecule has 1 N–H and O–H groups in total. The second kappa shape index (κ2) is 9.35. The van der Waals surface area contributed by atoms with Crippen molar-refractivity contribution in [2.24, 2.45) is 0 Å². The molecule has 1 aromatic heterocycles. The van der Waals surface area contributed by atoms with Crippen LogP contribution in [0.2, 0.25) is 0 Å². The average molecular weight is 446 g/mol. The van der Waals surface area contributed by atoms with Crippen LogP contribution in [-0.4, -0.2) is 39.2 Å². The van der Waals surface area contributed by atoms with Gasteiger partial charge in [0.25, 0.3) is 5.69 Å². The van der Waals surface area contributed by atoms with Gasteiger partial charge in [0.1, 0.15) is 5.82 Å². The first-order valence-electron chi connectivity index (χ1n) is 12.0. The highest BCUT2D eigenvalue weighted by atomic mass is 16.6. The van der Waals surface area contributed by atoms with E-state index >= 15 is 0 Å². The van der Waals surface area contributed by atoms with Gasteiger partial charge in [0.05, 0.1) is 16.3 Å². The fourth-order valence-corrected chi connectivity index (χ4v) is 5.18. The minimum absolute atomic E-state index is 0.101. The molecule has 33 heavy (non-hydrogen) atoms. The van der Waals surface area contributed by atoms with E-state index in [2.05, 4.69) is 40.5 Å². The van der Waals surface area contributed by atoms with Gasteiger partial charge in [0.2, 0.25) is 0 Å². The van der Waals surface area contributed by atoms with Crippen LogP contribution in [0.4, 0.5) is 11.5 Å². The zero-order chi connectivity index (χ0) is 22.8. The molecule has 0 saturated carbocycles. The summed E-state index contributed by atoms with van der Waals surface area (Å²) in [6.07, 6.45) is 5.45. The van der Waals surface area contributed by atoms with Crippen molar-refractivity contribution < 1.29 is 4.92 Å². The molecule has 2 aromatic carbocycles. The summed E-state index contributed by atoms with van der Waals surface area (Å²) in [6, 6.07) is 15.7. The van der Waals surface area contributed by atoms with Crippen molar-refractivity contribution in [3.8, 4) is 5.69 Å². The second-order valence-corrected chi connectivity index (χ2v) is 9.27. The Balaban J connectivity index is 1.43. The van der Waals surface area contributed by atoms with Crippen molar-refractivity contribution in [3.63, 3.8) is 0 Å². The SMILES string of the molecule is Cc1ccc([N+](=O)[O-])cc1-n1nc(C2CCN(Cc3ccccc3)CC2)c2c1NCCCC2. The number of hydrogen-bond acceptors (Lipinski definition) is 5. The van der Waals surface area contributed by atoms with Gasteiger partial charge < -0.3 is 5.32 Å². The van der Waals surface area contributed by atoms with Crippen molar-refractivity contribution in [2.45, 2.75) is 51.5 Å². The van der Waals surface area contributed by atoms with Crippen molar-refractivity contribution in [3.05, 3.63) is 81.0 Å². The Hall–Kier alpha value is -3.19. The molecule has 0 spiro atoms. The lowest BCUT2D eigenvalue weighted by atomic mass is 9.90. The van der Waals surface area contributed by atoms with Gasteiger partial charge in [-0.3, -0.25) is 15.0 Å². The highest BCUT2D eigenvalue weighted by Crippen LogP contribution is 2.37. The fraction of sp³-hybridized carbons (Fsp3) is 0.423. The monoisotopic (exact) mass is 445 g/mol. The summed E-state index contributed by atoms with van der Waals surface area (Å²) in [6.45, 7) is 6.01. The third-order valence-electron chi connectivity index (χ3n) is 7.02. The van der Waals surface area contributed by atoms with E-state index in [4.69, 9.17) is 5.10 Å². The number of piperidine rings is 1. The molecule has 0 radical (unpaired) electrons. The third-order valence-corrected chi connectivity index (χ3v) is 7.02. The molecular weight excluding hydrogens is 414 g/mol. The van der Waals surface area contributed by atoms with Gasteiger partial charge in [-0.2, -0.15) is 5.10 Å². The van der Waals surface area contributed by atoms with Crippen molar-refractivity contribution in [1.29, 1.82) is 0 Å². The molecule has 1 saturated heterocycles. The summed E-state index contributed by atoms with van der Waals surface area (Å²) >= 11 is 0. The second-order valence-electron chi connectivity index (χ2n) is 9.27. The number of rotatable bonds is 5. The van der Waals surface area contributed by atoms with Crippen LogP contribution in [0.3, 0.4) is 0 Å². The summed E-state index contributed by atoms with van der Waals surface area (Å²) in [5.74, 6) is 1.45. The minimum Gasteiger partial charge on any atom is -0.370 e. The summed E-state index contributed by atoms with van der Waals surface area (Å²) in [7, 11) is 0. The van der Waals surface area contributed by atoms with E-state index in [1.165, 1.54) is 16.8 Å². The maximum absolute atomic E-state index is 11.4.